The first-order valence-corrected chi connectivity index (χ1v) is 9.24. The molecule has 0 saturated heterocycles. The highest BCUT2D eigenvalue weighted by Crippen LogP contribution is 2.41. The van der Waals surface area contributed by atoms with Crippen LogP contribution in [0.2, 0.25) is 0 Å². The van der Waals surface area contributed by atoms with Gasteiger partial charge in [-0.2, -0.15) is 0 Å². The fourth-order valence-electron chi connectivity index (χ4n) is 2.37. The topological polar surface area (TPSA) is 24.1 Å². The van der Waals surface area contributed by atoms with Gasteiger partial charge in [-0.05, 0) is 36.8 Å². The van der Waals surface area contributed by atoms with Crippen molar-refractivity contribution in [2.45, 2.75) is 13.3 Å². The van der Waals surface area contributed by atoms with Crippen molar-refractivity contribution in [1.29, 1.82) is 0 Å². The maximum absolute atomic E-state index is 6.13. The van der Waals surface area contributed by atoms with Crippen LogP contribution < -0.4 is 10.6 Å². The minimum absolute atomic E-state index is 0.806. The molecule has 0 fully saturated rings. The predicted octanol–water partition coefficient (Wildman–Crippen LogP) is 5.40. The van der Waals surface area contributed by atoms with Gasteiger partial charge in [0.25, 0.3) is 0 Å². The Kier molecular flexibility index (Phi) is 6.98. The summed E-state index contributed by atoms with van der Waals surface area (Å²) < 4.78 is 0. The monoisotopic (exact) mass is 358 g/mol. The van der Waals surface area contributed by atoms with Crippen molar-refractivity contribution in [3.05, 3.63) is 88.1 Å². The maximum Gasteiger partial charge on any atom is 0.0464 e. The van der Waals surface area contributed by atoms with Crippen LogP contribution in [0.1, 0.15) is 18.9 Å². The van der Waals surface area contributed by atoms with Gasteiger partial charge in [-0.15, -0.1) is 11.8 Å². The Morgan fingerprint density at radius 3 is 2.62 bits per heavy atom. The molecule has 0 amide bonds. The van der Waals surface area contributed by atoms with Crippen molar-refractivity contribution in [3.63, 3.8) is 0 Å². The van der Waals surface area contributed by atoms with E-state index in [1.54, 1.807) is 11.8 Å². The Morgan fingerprint density at radius 1 is 1.29 bits per heavy atom. The van der Waals surface area contributed by atoms with Gasteiger partial charge in [0.05, 0.1) is 0 Å². The van der Waals surface area contributed by atoms with Gasteiger partial charge in [-0.3, -0.25) is 0 Å². The molecule has 1 aliphatic heterocycles. The highest BCUT2D eigenvalue weighted by molar-refractivity contribution is 8.03. The maximum atomic E-state index is 6.13. The summed E-state index contributed by atoms with van der Waals surface area (Å²) in [5, 5.41) is 7.34. The second-order valence-corrected chi connectivity index (χ2v) is 6.81. The van der Waals surface area contributed by atoms with Crippen LogP contribution in [-0.4, -0.2) is 12.9 Å². The molecule has 2 N–H and O–H groups in total. The average Bonchev–Trinajstić information content (AvgIpc) is 2.61. The van der Waals surface area contributed by atoms with Crippen molar-refractivity contribution in [2.24, 2.45) is 0 Å². The van der Waals surface area contributed by atoms with Gasteiger partial charge in [0, 0.05) is 32.8 Å². The number of rotatable bonds is 6. The molecule has 1 aromatic carbocycles. The molecular formula is C20H23ClN2S. The smallest absolute Gasteiger partial charge is 0.0464 e. The molecule has 0 unspecified atom stereocenters. The summed E-state index contributed by atoms with van der Waals surface area (Å²) in [6.07, 6.45) is 4.70. The molecule has 1 heterocycles. The molecule has 0 radical (unpaired) electrons. The van der Waals surface area contributed by atoms with Crippen molar-refractivity contribution in [1.82, 2.24) is 10.6 Å². The molecule has 1 aliphatic rings. The first-order chi connectivity index (χ1) is 11.6. The second-order valence-electron chi connectivity index (χ2n) is 5.34. The summed E-state index contributed by atoms with van der Waals surface area (Å²) in [6, 6.07) is 10.3. The molecule has 126 valence electrons. The van der Waals surface area contributed by atoms with E-state index in [1.165, 1.54) is 0 Å². The minimum Gasteiger partial charge on any atom is -0.355 e. The highest BCUT2D eigenvalue weighted by atomic mass is 35.5. The van der Waals surface area contributed by atoms with Crippen LogP contribution in [0, 0.1) is 0 Å². The molecule has 2 rings (SSSR count). The van der Waals surface area contributed by atoms with E-state index in [2.05, 4.69) is 35.9 Å². The Labute approximate surface area is 154 Å². The fourth-order valence-corrected chi connectivity index (χ4v) is 3.33. The molecule has 0 spiro atoms. The molecule has 0 atom stereocenters. The van der Waals surface area contributed by atoms with Gasteiger partial charge in [-0.1, -0.05) is 62.0 Å². The molecule has 0 aromatic heterocycles. The Morgan fingerprint density at radius 2 is 2.00 bits per heavy atom. The quantitative estimate of drug-likeness (QED) is 0.666. The fraction of sp³-hybridized carbons (Fsp3) is 0.200. The number of halogens is 1. The number of benzene rings is 1. The van der Waals surface area contributed by atoms with E-state index in [1.807, 2.05) is 44.3 Å². The van der Waals surface area contributed by atoms with Crippen molar-refractivity contribution < 1.29 is 0 Å². The summed E-state index contributed by atoms with van der Waals surface area (Å²) in [7, 11) is 1.94. The summed E-state index contributed by atoms with van der Waals surface area (Å²) in [4.78, 5) is 1.11. The Balaban J connectivity index is 2.51. The molecule has 1 aromatic rings. The number of hydrogen-bond donors (Lipinski definition) is 2. The zero-order chi connectivity index (χ0) is 17.5. The first kappa shape index (κ1) is 18.7. The van der Waals surface area contributed by atoms with Crippen LogP contribution in [0.5, 0.6) is 0 Å². The van der Waals surface area contributed by atoms with Gasteiger partial charge in [0.15, 0.2) is 0 Å². The molecular weight excluding hydrogens is 336 g/mol. The average molecular weight is 359 g/mol. The summed E-state index contributed by atoms with van der Waals surface area (Å²) in [5.41, 5.74) is 5.02. The largest absolute Gasteiger partial charge is 0.355 e. The van der Waals surface area contributed by atoms with Crippen LogP contribution in [0.4, 0.5) is 0 Å². The third kappa shape index (κ3) is 4.44. The molecule has 4 heteroatoms. The summed E-state index contributed by atoms with van der Waals surface area (Å²) in [5.74, 6) is 0.806. The lowest BCUT2D eigenvalue weighted by Crippen LogP contribution is -2.22. The van der Waals surface area contributed by atoms with E-state index in [0.29, 0.717) is 0 Å². The van der Waals surface area contributed by atoms with E-state index in [-0.39, 0.29) is 0 Å². The Hall–Kier alpha value is -1.68. The van der Waals surface area contributed by atoms with Crippen molar-refractivity contribution in [3.8, 4) is 0 Å². The van der Waals surface area contributed by atoms with Gasteiger partial charge < -0.3 is 10.6 Å². The van der Waals surface area contributed by atoms with Gasteiger partial charge in [0.1, 0.15) is 0 Å². The van der Waals surface area contributed by atoms with Crippen molar-refractivity contribution in [2.75, 3.05) is 12.9 Å². The van der Waals surface area contributed by atoms with E-state index < -0.39 is 0 Å². The van der Waals surface area contributed by atoms with E-state index in [4.69, 9.17) is 11.6 Å². The van der Waals surface area contributed by atoms with Crippen LogP contribution in [0.25, 0.3) is 5.57 Å². The molecule has 0 saturated carbocycles. The van der Waals surface area contributed by atoms with Crippen LogP contribution in [-0.2, 0) is 0 Å². The minimum atomic E-state index is 0.806. The lowest BCUT2D eigenvalue weighted by atomic mass is 9.92. The van der Waals surface area contributed by atoms with E-state index >= 15 is 0 Å². The molecule has 24 heavy (non-hydrogen) atoms. The zero-order valence-corrected chi connectivity index (χ0v) is 15.7. The standard InChI is InChI=1S/C20H23ClN2S/c1-5-17(21)11-12-18-14(2)19(16-9-7-6-8-10-16)20(15(3)23-18)24-13-22-4/h6-12,22-23H,2-3,5,13H2,1,4H3/b17-11+,18-12+. The molecule has 0 bridgehead atoms. The third-order valence-electron chi connectivity index (χ3n) is 3.61. The number of hydrogen-bond acceptors (Lipinski definition) is 3. The zero-order valence-electron chi connectivity index (χ0n) is 14.2. The highest BCUT2D eigenvalue weighted by Gasteiger charge is 2.23. The van der Waals surface area contributed by atoms with Gasteiger partial charge in [-0.25, -0.2) is 0 Å². The van der Waals surface area contributed by atoms with Gasteiger partial charge in [0.2, 0.25) is 0 Å². The van der Waals surface area contributed by atoms with E-state index in [9.17, 15) is 0 Å². The number of thioether (sulfide) groups is 1. The van der Waals surface area contributed by atoms with Gasteiger partial charge >= 0.3 is 0 Å². The predicted molar refractivity (Wildman–Crippen MR) is 109 cm³/mol. The molecule has 2 nitrogen and oxygen atoms in total. The van der Waals surface area contributed by atoms with E-state index in [0.717, 1.165) is 50.3 Å². The van der Waals surface area contributed by atoms with Crippen LogP contribution in [0.15, 0.2) is 82.5 Å². The summed E-state index contributed by atoms with van der Waals surface area (Å²) in [6.45, 7) is 10.5. The second kappa shape index (κ2) is 8.97. The lowest BCUT2D eigenvalue weighted by molar-refractivity contribution is 0.978. The number of allylic oxidation sites excluding steroid dienone is 4. The third-order valence-corrected chi connectivity index (χ3v) is 5.17. The number of nitrogens with one attached hydrogen (secondary N) is 2. The van der Waals surface area contributed by atoms with Crippen LogP contribution in [0.3, 0.4) is 0 Å². The van der Waals surface area contributed by atoms with Crippen molar-refractivity contribution >= 4 is 28.9 Å². The Bertz CT molecular complexity index is 714. The summed E-state index contributed by atoms with van der Waals surface area (Å²) >= 11 is 7.85. The first-order valence-electron chi connectivity index (χ1n) is 7.87. The lowest BCUT2D eigenvalue weighted by Gasteiger charge is -2.28. The van der Waals surface area contributed by atoms with Crippen LogP contribution >= 0.6 is 23.4 Å². The SMILES string of the molecule is C=C1N/C(=C/C=C(/Cl)CC)C(=C)C(c2ccccc2)=C1SCNC. The molecule has 0 aliphatic carbocycles. The normalized spacial score (nSPS) is 17.5.